The Morgan fingerprint density at radius 3 is 2.88 bits per heavy atom. The van der Waals surface area contributed by atoms with E-state index in [1.54, 1.807) is 0 Å². The molecule has 3 nitrogen and oxygen atoms in total. The van der Waals surface area contributed by atoms with Crippen LogP contribution in [0.5, 0.6) is 0 Å². The first-order valence-electron chi connectivity index (χ1n) is 5.77. The molecule has 1 fully saturated rings. The summed E-state index contributed by atoms with van der Waals surface area (Å²) in [6.45, 7) is 5.27. The molecule has 0 amide bonds. The molecule has 0 radical (unpaired) electrons. The van der Waals surface area contributed by atoms with Crippen molar-refractivity contribution in [3.05, 3.63) is 23.0 Å². The van der Waals surface area contributed by atoms with Crippen LogP contribution in [0.1, 0.15) is 38.4 Å². The fourth-order valence-corrected chi connectivity index (χ4v) is 2.43. The number of aromatic nitrogens is 1. The van der Waals surface area contributed by atoms with Gasteiger partial charge in [0.25, 0.3) is 0 Å². The molecule has 0 spiro atoms. The predicted molar refractivity (Wildman–Crippen MR) is 67.9 cm³/mol. The summed E-state index contributed by atoms with van der Waals surface area (Å²) in [4.78, 5) is 6.62. The molecule has 88 valence electrons. The molecule has 0 saturated carbocycles. The van der Waals surface area contributed by atoms with Crippen LogP contribution in [-0.2, 0) is 0 Å². The molecule has 0 bridgehead atoms. The van der Waals surface area contributed by atoms with E-state index < -0.39 is 0 Å². The number of hydrogen-bond acceptors (Lipinski definition) is 3. The lowest BCUT2D eigenvalue weighted by molar-refractivity contribution is 0.729. The first kappa shape index (κ1) is 11.7. The number of anilines is 1. The SMILES string of the molecule is CC(N)c1cc(N2CCC[C@H]2C)cc(Cl)n1. The molecule has 2 heterocycles. The topological polar surface area (TPSA) is 42.1 Å². The van der Waals surface area contributed by atoms with Crippen molar-refractivity contribution in [3.8, 4) is 0 Å². The van der Waals surface area contributed by atoms with Gasteiger partial charge in [0.05, 0.1) is 5.69 Å². The van der Waals surface area contributed by atoms with E-state index in [0.29, 0.717) is 11.2 Å². The van der Waals surface area contributed by atoms with E-state index in [2.05, 4.69) is 22.9 Å². The van der Waals surface area contributed by atoms with Crippen LogP contribution in [-0.4, -0.2) is 17.6 Å². The molecule has 1 aliphatic rings. The number of pyridine rings is 1. The molecule has 2 N–H and O–H groups in total. The Morgan fingerprint density at radius 2 is 2.31 bits per heavy atom. The lowest BCUT2D eigenvalue weighted by Gasteiger charge is -2.24. The van der Waals surface area contributed by atoms with Gasteiger partial charge in [-0.1, -0.05) is 11.6 Å². The normalized spacial score (nSPS) is 22.5. The number of nitrogens with zero attached hydrogens (tertiary/aromatic N) is 2. The van der Waals surface area contributed by atoms with Crippen molar-refractivity contribution in [1.82, 2.24) is 4.98 Å². The van der Waals surface area contributed by atoms with E-state index in [1.807, 2.05) is 13.0 Å². The second kappa shape index (κ2) is 4.60. The van der Waals surface area contributed by atoms with Crippen LogP contribution in [0.15, 0.2) is 12.1 Å². The standard InChI is InChI=1S/C12H18ClN3/c1-8-4-3-5-16(8)10-6-11(9(2)14)15-12(13)7-10/h6-9H,3-5,14H2,1-2H3/t8-,9?/m1/s1. The van der Waals surface area contributed by atoms with Gasteiger partial charge in [-0.05, 0) is 38.8 Å². The van der Waals surface area contributed by atoms with Gasteiger partial charge in [0, 0.05) is 24.3 Å². The number of halogens is 1. The minimum atomic E-state index is -0.0737. The number of nitrogens with two attached hydrogens (primary N) is 1. The summed E-state index contributed by atoms with van der Waals surface area (Å²) >= 11 is 6.03. The van der Waals surface area contributed by atoms with Crippen LogP contribution < -0.4 is 10.6 Å². The Hall–Kier alpha value is -0.800. The van der Waals surface area contributed by atoms with E-state index >= 15 is 0 Å². The van der Waals surface area contributed by atoms with Crippen LogP contribution in [0.4, 0.5) is 5.69 Å². The first-order chi connectivity index (χ1) is 7.58. The largest absolute Gasteiger partial charge is 0.369 e. The molecule has 2 atom stereocenters. The highest BCUT2D eigenvalue weighted by Crippen LogP contribution is 2.28. The van der Waals surface area contributed by atoms with Gasteiger partial charge in [0.15, 0.2) is 0 Å². The van der Waals surface area contributed by atoms with Crippen LogP contribution in [0.3, 0.4) is 0 Å². The molecule has 1 aliphatic heterocycles. The van der Waals surface area contributed by atoms with Crippen LogP contribution in [0.25, 0.3) is 0 Å². The average Bonchev–Trinajstić information content (AvgIpc) is 2.63. The Labute approximate surface area is 102 Å². The smallest absolute Gasteiger partial charge is 0.131 e. The second-order valence-electron chi connectivity index (χ2n) is 4.55. The van der Waals surface area contributed by atoms with E-state index in [1.165, 1.54) is 12.8 Å². The Bertz CT molecular complexity index is 379. The highest BCUT2D eigenvalue weighted by molar-refractivity contribution is 6.29. The van der Waals surface area contributed by atoms with Gasteiger partial charge in [-0.15, -0.1) is 0 Å². The van der Waals surface area contributed by atoms with Crippen molar-refractivity contribution in [2.45, 2.75) is 38.8 Å². The Kier molecular flexibility index (Phi) is 3.36. The summed E-state index contributed by atoms with van der Waals surface area (Å²) in [6.07, 6.45) is 2.49. The summed E-state index contributed by atoms with van der Waals surface area (Å²) in [5.41, 5.74) is 7.86. The van der Waals surface area contributed by atoms with Crippen LogP contribution in [0.2, 0.25) is 5.15 Å². The van der Waals surface area contributed by atoms with E-state index in [-0.39, 0.29) is 6.04 Å². The van der Waals surface area contributed by atoms with Crippen molar-refractivity contribution in [2.24, 2.45) is 5.73 Å². The van der Waals surface area contributed by atoms with Crippen molar-refractivity contribution in [1.29, 1.82) is 0 Å². The van der Waals surface area contributed by atoms with Gasteiger partial charge >= 0.3 is 0 Å². The maximum absolute atomic E-state index is 6.03. The van der Waals surface area contributed by atoms with Crippen LogP contribution >= 0.6 is 11.6 Å². The van der Waals surface area contributed by atoms with Crippen molar-refractivity contribution in [3.63, 3.8) is 0 Å². The predicted octanol–water partition coefficient (Wildman–Crippen LogP) is 2.74. The number of rotatable bonds is 2. The zero-order valence-electron chi connectivity index (χ0n) is 9.78. The zero-order chi connectivity index (χ0) is 11.7. The van der Waals surface area contributed by atoms with Crippen molar-refractivity contribution in [2.75, 3.05) is 11.4 Å². The zero-order valence-corrected chi connectivity index (χ0v) is 10.5. The van der Waals surface area contributed by atoms with Gasteiger partial charge in [0.2, 0.25) is 0 Å². The van der Waals surface area contributed by atoms with Gasteiger partial charge in [-0.3, -0.25) is 0 Å². The molecule has 1 aromatic rings. The lowest BCUT2D eigenvalue weighted by atomic mass is 10.2. The summed E-state index contributed by atoms with van der Waals surface area (Å²) in [6, 6.07) is 4.49. The molecule has 0 aliphatic carbocycles. The number of hydrogen-bond donors (Lipinski definition) is 1. The molecule has 4 heteroatoms. The highest BCUT2D eigenvalue weighted by Gasteiger charge is 2.21. The Morgan fingerprint density at radius 1 is 1.56 bits per heavy atom. The third-order valence-electron chi connectivity index (χ3n) is 3.15. The maximum Gasteiger partial charge on any atom is 0.131 e. The summed E-state index contributed by atoms with van der Waals surface area (Å²) in [5, 5.41) is 0.531. The van der Waals surface area contributed by atoms with Crippen LogP contribution in [0, 0.1) is 0 Å². The quantitative estimate of drug-likeness (QED) is 0.807. The second-order valence-corrected chi connectivity index (χ2v) is 4.93. The van der Waals surface area contributed by atoms with Crippen molar-refractivity contribution < 1.29 is 0 Å². The molecular formula is C12H18ClN3. The fraction of sp³-hybridized carbons (Fsp3) is 0.583. The maximum atomic E-state index is 6.03. The average molecular weight is 240 g/mol. The van der Waals surface area contributed by atoms with E-state index in [4.69, 9.17) is 17.3 Å². The molecule has 1 unspecified atom stereocenters. The summed E-state index contributed by atoms with van der Waals surface area (Å²) in [5.74, 6) is 0. The monoisotopic (exact) mass is 239 g/mol. The third kappa shape index (κ3) is 2.30. The first-order valence-corrected chi connectivity index (χ1v) is 6.15. The van der Waals surface area contributed by atoms with E-state index in [9.17, 15) is 0 Å². The van der Waals surface area contributed by atoms with E-state index in [0.717, 1.165) is 17.9 Å². The molecule has 2 rings (SSSR count). The molecule has 1 aromatic heterocycles. The van der Waals surface area contributed by atoms with Gasteiger partial charge in [0.1, 0.15) is 5.15 Å². The minimum Gasteiger partial charge on any atom is -0.369 e. The van der Waals surface area contributed by atoms with Gasteiger partial charge < -0.3 is 10.6 Å². The molecule has 0 aromatic carbocycles. The molecular weight excluding hydrogens is 222 g/mol. The van der Waals surface area contributed by atoms with Gasteiger partial charge in [-0.2, -0.15) is 0 Å². The fourth-order valence-electron chi connectivity index (χ4n) is 2.22. The molecule has 16 heavy (non-hydrogen) atoms. The Balaban J connectivity index is 2.33. The highest BCUT2D eigenvalue weighted by atomic mass is 35.5. The third-order valence-corrected chi connectivity index (χ3v) is 3.34. The van der Waals surface area contributed by atoms with Gasteiger partial charge in [-0.25, -0.2) is 4.98 Å². The minimum absolute atomic E-state index is 0.0737. The summed E-state index contributed by atoms with van der Waals surface area (Å²) in [7, 11) is 0. The van der Waals surface area contributed by atoms with Crippen molar-refractivity contribution >= 4 is 17.3 Å². The summed E-state index contributed by atoms with van der Waals surface area (Å²) < 4.78 is 0. The molecule has 1 saturated heterocycles. The lowest BCUT2D eigenvalue weighted by Crippen LogP contribution is -2.26.